The van der Waals surface area contributed by atoms with Gasteiger partial charge in [-0.3, -0.25) is 4.79 Å². The first-order chi connectivity index (χ1) is 15.0. The van der Waals surface area contributed by atoms with E-state index in [2.05, 4.69) is 10.3 Å². The van der Waals surface area contributed by atoms with Gasteiger partial charge in [-0.2, -0.15) is 13.2 Å². The summed E-state index contributed by atoms with van der Waals surface area (Å²) in [6.07, 6.45) is -4.80. The van der Waals surface area contributed by atoms with Crippen molar-refractivity contribution in [1.82, 2.24) is 10.3 Å². The minimum atomic E-state index is -4.80. The van der Waals surface area contributed by atoms with Gasteiger partial charge < -0.3 is 11.1 Å². The van der Waals surface area contributed by atoms with Crippen molar-refractivity contribution in [3.8, 4) is 11.3 Å². The number of alkyl halides is 3. The molecule has 1 atom stereocenters. The Bertz CT molecular complexity index is 1160. The van der Waals surface area contributed by atoms with Crippen molar-refractivity contribution in [1.29, 1.82) is 0 Å². The molecule has 1 unspecified atom stereocenters. The maximum absolute atomic E-state index is 13.5. The summed E-state index contributed by atoms with van der Waals surface area (Å²) < 4.78 is 53.9. The van der Waals surface area contributed by atoms with Crippen LogP contribution in [0.1, 0.15) is 45.7 Å². The maximum atomic E-state index is 13.5. The molecule has 1 amide bonds. The van der Waals surface area contributed by atoms with Crippen LogP contribution >= 0.6 is 11.6 Å². The number of nitrogens with one attached hydrogen (secondary N) is 1. The van der Waals surface area contributed by atoms with E-state index in [0.29, 0.717) is 16.7 Å². The van der Waals surface area contributed by atoms with E-state index in [-0.39, 0.29) is 23.5 Å². The fourth-order valence-electron chi connectivity index (χ4n) is 3.22. The van der Waals surface area contributed by atoms with Crippen LogP contribution in [0.15, 0.2) is 48.5 Å². The minimum Gasteiger partial charge on any atom is -0.344 e. The molecule has 0 aliphatic rings. The summed E-state index contributed by atoms with van der Waals surface area (Å²) in [7, 11) is 0. The van der Waals surface area contributed by atoms with E-state index in [1.807, 2.05) is 13.0 Å². The second-order valence-corrected chi connectivity index (χ2v) is 7.75. The Kier molecular flexibility index (Phi) is 6.85. The van der Waals surface area contributed by atoms with Gasteiger partial charge in [-0.1, -0.05) is 23.7 Å². The number of nitrogens with zero attached hydrogens (tertiary/aromatic N) is 1. The summed E-state index contributed by atoms with van der Waals surface area (Å²) in [6.45, 7) is 3.57. The summed E-state index contributed by atoms with van der Waals surface area (Å²) in [4.78, 5) is 17.0. The number of hydrogen-bond acceptors (Lipinski definition) is 3. The van der Waals surface area contributed by atoms with Gasteiger partial charge >= 0.3 is 6.18 Å². The quantitative estimate of drug-likeness (QED) is 0.467. The van der Waals surface area contributed by atoms with E-state index in [1.165, 1.54) is 12.1 Å². The molecule has 0 saturated carbocycles. The van der Waals surface area contributed by atoms with E-state index in [9.17, 15) is 22.4 Å². The predicted octanol–water partition coefficient (Wildman–Crippen LogP) is 5.82. The number of aromatic nitrogens is 1. The molecule has 0 aliphatic carbocycles. The zero-order chi connectivity index (χ0) is 23.6. The molecule has 0 bridgehead atoms. The van der Waals surface area contributed by atoms with Crippen molar-refractivity contribution < 1.29 is 22.4 Å². The van der Waals surface area contributed by atoms with Crippen molar-refractivity contribution >= 4 is 17.5 Å². The third kappa shape index (κ3) is 5.26. The second-order valence-electron chi connectivity index (χ2n) is 7.34. The molecule has 168 valence electrons. The molecule has 3 aromatic rings. The first-order valence-corrected chi connectivity index (χ1v) is 10.0. The number of amides is 1. The average molecular weight is 466 g/mol. The van der Waals surface area contributed by atoms with Gasteiger partial charge in [-0.15, -0.1) is 0 Å². The molecular weight excluding hydrogens is 446 g/mol. The van der Waals surface area contributed by atoms with Crippen LogP contribution in [0.4, 0.5) is 17.6 Å². The van der Waals surface area contributed by atoms with Gasteiger partial charge in [0.1, 0.15) is 11.5 Å². The van der Waals surface area contributed by atoms with Crippen LogP contribution in [0.2, 0.25) is 5.02 Å². The molecule has 32 heavy (non-hydrogen) atoms. The molecule has 1 aromatic heterocycles. The molecule has 0 saturated heterocycles. The van der Waals surface area contributed by atoms with Crippen LogP contribution < -0.4 is 11.1 Å². The van der Waals surface area contributed by atoms with Gasteiger partial charge in [0.05, 0.1) is 17.3 Å². The zero-order valence-electron chi connectivity index (χ0n) is 17.2. The second kappa shape index (κ2) is 9.26. The fraction of sp³-hybridized carbons (Fsp3) is 0.217. The molecule has 0 fully saturated rings. The first-order valence-electron chi connectivity index (χ1n) is 9.64. The number of carbonyl (C=O) groups excluding carboxylic acids is 1. The van der Waals surface area contributed by atoms with Crippen molar-refractivity contribution in [2.75, 3.05) is 0 Å². The van der Waals surface area contributed by atoms with Gasteiger partial charge in [-0.25, -0.2) is 9.37 Å². The molecule has 2 aromatic carbocycles. The van der Waals surface area contributed by atoms with Crippen LogP contribution in [0.25, 0.3) is 11.3 Å². The third-order valence-electron chi connectivity index (χ3n) is 4.95. The van der Waals surface area contributed by atoms with Crippen LogP contribution in [0.5, 0.6) is 0 Å². The minimum absolute atomic E-state index is 0.0235. The van der Waals surface area contributed by atoms with Crippen LogP contribution in [0.3, 0.4) is 0 Å². The summed E-state index contributed by atoms with van der Waals surface area (Å²) in [5.74, 6) is -1.61. The van der Waals surface area contributed by atoms with Crippen molar-refractivity contribution in [2.24, 2.45) is 5.73 Å². The van der Waals surface area contributed by atoms with Crippen molar-refractivity contribution in [3.63, 3.8) is 0 Å². The van der Waals surface area contributed by atoms with Crippen LogP contribution in [0, 0.1) is 12.7 Å². The number of rotatable bonds is 5. The lowest BCUT2D eigenvalue weighted by Gasteiger charge is -2.17. The Morgan fingerprint density at radius 1 is 1.16 bits per heavy atom. The molecule has 0 spiro atoms. The van der Waals surface area contributed by atoms with E-state index in [0.717, 1.165) is 23.3 Å². The molecular formula is C23H20ClF4N3O. The van der Waals surface area contributed by atoms with Crippen molar-refractivity contribution in [3.05, 3.63) is 87.3 Å². The van der Waals surface area contributed by atoms with Gasteiger partial charge in [0.25, 0.3) is 5.91 Å². The molecule has 3 N–H and O–H groups in total. The summed E-state index contributed by atoms with van der Waals surface area (Å²) in [6, 6.07) is 9.96. The van der Waals surface area contributed by atoms with Gasteiger partial charge in [0.15, 0.2) is 0 Å². The molecule has 0 radical (unpaired) electrons. The highest BCUT2D eigenvalue weighted by Gasteiger charge is 2.34. The number of aryl methyl sites for hydroxylation is 1. The number of nitrogens with two attached hydrogens (primary N) is 1. The fourth-order valence-corrected chi connectivity index (χ4v) is 3.34. The smallest absolute Gasteiger partial charge is 0.344 e. The lowest BCUT2D eigenvalue weighted by Crippen LogP contribution is -2.28. The zero-order valence-corrected chi connectivity index (χ0v) is 18.0. The lowest BCUT2D eigenvalue weighted by molar-refractivity contribution is -0.137. The predicted molar refractivity (Wildman–Crippen MR) is 115 cm³/mol. The van der Waals surface area contributed by atoms with Gasteiger partial charge in [0.2, 0.25) is 0 Å². The highest BCUT2D eigenvalue weighted by atomic mass is 35.5. The Morgan fingerprint density at radius 3 is 2.50 bits per heavy atom. The molecule has 3 rings (SSSR count). The molecule has 9 heteroatoms. The summed E-state index contributed by atoms with van der Waals surface area (Å²) in [5, 5.41) is 3.37. The van der Waals surface area contributed by atoms with E-state index < -0.39 is 29.5 Å². The Morgan fingerprint density at radius 2 is 1.88 bits per heavy atom. The largest absolute Gasteiger partial charge is 0.417 e. The monoisotopic (exact) mass is 465 g/mol. The molecule has 1 heterocycles. The summed E-state index contributed by atoms with van der Waals surface area (Å²) >= 11 is 6.04. The topological polar surface area (TPSA) is 68.0 Å². The SMILES string of the molecule is Cc1cc(C(C)NC(=O)c2cc(CN)cc(-c3ccc(F)cc3C(F)(F)F)n2)ccc1Cl. The van der Waals surface area contributed by atoms with Gasteiger partial charge in [0, 0.05) is 17.1 Å². The van der Waals surface area contributed by atoms with Crippen molar-refractivity contribution in [2.45, 2.75) is 32.6 Å². The maximum Gasteiger partial charge on any atom is 0.417 e. The third-order valence-corrected chi connectivity index (χ3v) is 5.37. The van der Waals surface area contributed by atoms with Gasteiger partial charge in [-0.05, 0) is 66.9 Å². The average Bonchev–Trinajstić information content (AvgIpc) is 2.74. The Hall–Kier alpha value is -2.97. The normalized spacial score (nSPS) is 12.5. The lowest BCUT2D eigenvalue weighted by atomic mass is 10.0. The number of pyridine rings is 1. The van der Waals surface area contributed by atoms with E-state index >= 15 is 0 Å². The number of carbonyl (C=O) groups is 1. The highest BCUT2D eigenvalue weighted by Crippen LogP contribution is 2.37. The number of benzene rings is 2. The standard InChI is InChI=1S/C23H20ClF4N3O/c1-12-7-15(3-6-19(12)24)13(2)30-22(32)21-9-14(11-29)8-20(31-21)17-5-4-16(25)10-18(17)23(26,27)28/h3-10,13H,11,29H2,1-2H3,(H,30,32). The number of halogens is 5. The van der Waals surface area contributed by atoms with Crippen LogP contribution in [-0.2, 0) is 12.7 Å². The summed E-state index contributed by atoms with van der Waals surface area (Å²) in [5.41, 5.74) is 5.98. The Labute approximate surface area is 187 Å². The van der Waals surface area contributed by atoms with E-state index in [1.54, 1.807) is 19.1 Å². The van der Waals surface area contributed by atoms with Crippen LogP contribution in [-0.4, -0.2) is 10.9 Å². The first kappa shape index (κ1) is 23.7. The Balaban J connectivity index is 1.98. The molecule has 4 nitrogen and oxygen atoms in total. The number of hydrogen-bond donors (Lipinski definition) is 2. The molecule has 0 aliphatic heterocycles. The van der Waals surface area contributed by atoms with E-state index in [4.69, 9.17) is 17.3 Å². The highest BCUT2D eigenvalue weighted by molar-refractivity contribution is 6.31.